The molecule has 3 aromatic carbocycles. The topological polar surface area (TPSA) is 61.1 Å². The molecule has 0 fully saturated rings. The van der Waals surface area contributed by atoms with Gasteiger partial charge in [0.25, 0.3) is 5.56 Å². The number of ketones is 1. The van der Waals surface area contributed by atoms with Gasteiger partial charge in [-0.05, 0) is 35.7 Å². The maximum atomic E-state index is 13.4. The van der Waals surface area contributed by atoms with Crippen molar-refractivity contribution in [2.45, 2.75) is 39.0 Å². The minimum absolute atomic E-state index is 0.00635. The first-order valence-electron chi connectivity index (χ1n) is 11.2. The predicted octanol–water partition coefficient (Wildman–Crippen LogP) is 5.07. The van der Waals surface area contributed by atoms with Gasteiger partial charge in [-0.1, -0.05) is 61.5 Å². The Balaban J connectivity index is 1.75. The zero-order valence-electron chi connectivity index (χ0n) is 19.0. The maximum absolute atomic E-state index is 13.4. The first-order valence-corrected chi connectivity index (χ1v) is 11.2. The molecule has 35 heavy (non-hydrogen) atoms. The summed E-state index contributed by atoms with van der Waals surface area (Å²) in [7, 11) is 0. The van der Waals surface area contributed by atoms with Crippen LogP contribution in [0.3, 0.4) is 0 Å². The molecule has 4 aromatic rings. The normalized spacial score (nSPS) is 11.7. The van der Waals surface area contributed by atoms with E-state index in [-0.39, 0.29) is 30.9 Å². The van der Waals surface area contributed by atoms with Gasteiger partial charge in [-0.15, -0.1) is 0 Å². The number of benzene rings is 3. The summed E-state index contributed by atoms with van der Waals surface area (Å²) in [5.74, 6) is 0.00635. The van der Waals surface area contributed by atoms with Gasteiger partial charge >= 0.3 is 11.9 Å². The van der Waals surface area contributed by atoms with Gasteiger partial charge in [0, 0.05) is 18.5 Å². The largest absolute Gasteiger partial charge is 0.416 e. The quantitative estimate of drug-likeness (QED) is 0.347. The Kier molecular flexibility index (Phi) is 6.73. The number of aromatic nitrogens is 2. The molecule has 8 heteroatoms. The van der Waals surface area contributed by atoms with E-state index in [1.165, 1.54) is 22.8 Å². The fraction of sp³-hybridized carbons (Fsp3) is 0.222. The Morgan fingerprint density at radius 2 is 1.51 bits per heavy atom. The van der Waals surface area contributed by atoms with Crippen molar-refractivity contribution in [3.05, 3.63) is 116 Å². The molecule has 0 amide bonds. The monoisotopic (exact) mass is 480 g/mol. The summed E-state index contributed by atoms with van der Waals surface area (Å²) in [6, 6.07) is 18.7. The minimum Gasteiger partial charge on any atom is -0.294 e. The lowest BCUT2D eigenvalue weighted by molar-refractivity contribution is -0.138. The number of para-hydroxylation sites is 1. The lowest BCUT2D eigenvalue weighted by Gasteiger charge is -2.16. The second-order valence-electron chi connectivity index (χ2n) is 8.22. The Morgan fingerprint density at radius 3 is 2.20 bits per heavy atom. The lowest BCUT2D eigenvalue weighted by atomic mass is 10.0. The highest BCUT2D eigenvalue weighted by atomic mass is 19.4. The van der Waals surface area contributed by atoms with Crippen molar-refractivity contribution in [2.75, 3.05) is 0 Å². The summed E-state index contributed by atoms with van der Waals surface area (Å²) in [6.07, 6.45) is -4.28. The lowest BCUT2D eigenvalue weighted by Crippen LogP contribution is -2.40. The van der Waals surface area contributed by atoms with Crippen molar-refractivity contribution >= 4 is 16.7 Å². The Labute approximate surface area is 199 Å². The summed E-state index contributed by atoms with van der Waals surface area (Å²) in [5, 5.41) is 0.300. The molecule has 0 bridgehead atoms. The third kappa shape index (κ3) is 4.96. The van der Waals surface area contributed by atoms with Crippen LogP contribution >= 0.6 is 0 Å². The van der Waals surface area contributed by atoms with Crippen molar-refractivity contribution in [1.29, 1.82) is 0 Å². The number of carbonyl (C=O) groups is 1. The highest BCUT2D eigenvalue weighted by Gasteiger charge is 2.32. The first kappa shape index (κ1) is 24.2. The van der Waals surface area contributed by atoms with E-state index in [1.54, 1.807) is 55.5 Å². The molecule has 0 spiro atoms. The number of hydrogen-bond donors (Lipinski definition) is 0. The molecule has 1 aromatic heterocycles. The zero-order chi connectivity index (χ0) is 25.2. The highest BCUT2D eigenvalue weighted by Crippen LogP contribution is 2.32. The number of fused-ring (bicyclic) bond motifs is 1. The molecule has 0 N–H and O–H groups in total. The smallest absolute Gasteiger partial charge is 0.294 e. The number of rotatable bonds is 7. The molecule has 180 valence electrons. The highest BCUT2D eigenvalue weighted by molar-refractivity contribution is 5.95. The van der Waals surface area contributed by atoms with Crippen LogP contribution in [0.4, 0.5) is 13.2 Å². The summed E-state index contributed by atoms with van der Waals surface area (Å²) >= 11 is 0. The summed E-state index contributed by atoms with van der Waals surface area (Å²) in [4.78, 5) is 38.4. The Bertz CT molecular complexity index is 1500. The van der Waals surface area contributed by atoms with Crippen LogP contribution in [0, 0.1) is 0 Å². The number of halogens is 3. The van der Waals surface area contributed by atoms with Crippen LogP contribution < -0.4 is 11.2 Å². The minimum atomic E-state index is -4.53. The van der Waals surface area contributed by atoms with Gasteiger partial charge in [-0.3, -0.25) is 18.7 Å². The Hall–Kier alpha value is -3.94. The number of carbonyl (C=O) groups excluding carboxylic acids is 1. The van der Waals surface area contributed by atoms with E-state index in [2.05, 4.69) is 0 Å². The van der Waals surface area contributed by atoms with Crippen LogP contribution in [-0.4, -0.2) is 14.9 Å². The second-order valence-corrected chi connectivity index (χ2v) is 8.22. The number of hydrogen-bond acceptors (Lipinski definition) is 3. The molecule has 0 radical (unpaired) electrons. The van der Waals surface area contributed by atoms with E-state index in [0.717, 1.165) is 16.2 Å². The summed E-state index contributed by atoms with van der Waals surface area (Å²) in [5.41, 5.74) is -0.164. The van der Waals surface area contributed by atoms with Crippen molar-refractivity contribution in [3.8, 4) is 0 Å². The summed E-state index contributed by atoms with van der Waals surface area (Å²) < 4.78 is 42.6. The molecule has 0 aliphatic carbocycles. The van der Waals surface area contributed by atoms with E-state index in [9.17, 15) is 27.6 Å². The molecule has 4 rings (SSSR count). The van der Waals surface area contributed by atoms with Gasteiger partial charge in [0.2, 0.25) is 0 Å². The van der Waals surface area contributed by atoms with E-state index in [1.807, 2.05) is 0 Å². The molecule has 5 nitrogen and oxygen atoms in total. The fourth-order valence-corrected chi connectivity index (χ4v) is 4.15. The van der Waals surface area contributed by atoms with Crippen molar-refractivity contribution < 1.29 is 18.0 Å². The average Bonchev–Trinajstić information content (AvgIpc) is 2.86. The van der Waals surface area contributed by atoms with E-state index in [0.29, 0.717) is 22.9 Å². The molecule has 0 aliphatic rings. The van der Waals surface area contributed by atoms with Crippen molar-refractivity contribution in [1.82, 2.24) is 9.13 Å². The van der Waals surface area contributed by atoms with Gasteiger partial charge in [-0.25, -0.2) is 4.79 Å². The standard InChI is InChI=1S/C27H23F3N2O3/c1-2-24(33)20-13-11-18(12-14-20)17-32-23-10-6-4-8-21(23)25(34)31(26(32)35)16-15-19-7-3-5-9-22(19)27(28,29)30/h3-14H,2,15-17H2,1H3. The molecule has 1 heterocycles. The molecule has 0 aliphatic heterocycles. The molecule has 0 unspecified atom stereocenters. The van der Waals surface area contributed by atoms with Crippen LogP contribution in [0.25, 0.3) is 10.9 Å². The van der Waals surface area contributed by atoms with Crippen molar-refractivity contribution in [2.24, 2.45) is 0 Å². The molecule has 0 atom stereocenters. The third-order valence-electron chi connectivity index (χ3n) is 6.00. The molecule has 0 saturated heterocycles. The SMILES string of the molecule is CCC(=O)c1ccc(Cn2c(=O)n(CCc3ccccc3C(F)(F)F)c(=O)c3ccccc32)cc1. The van der Waals surface area contributed by atoms with Gasteiger partial charge in [-0.2, -0.15) is 13.2 Å². The maximum Gasteiger partial charge on any atom is 0.416 e. The van der Waals surface area contributed by atoms with Crippen LogP contribution in [0.15, 0.2) is 82.4 Å². The Morgan fingerprint density at radius 1 is 0.857 bits per heavy atom. The average molecular weight is 480 g/mol. The van der Waals surface area contributed by atoms with E-state index < -0.39 is 23.0 Å². The van der Waals surface area contributed by atoms with Crippen LogP contribution in [0.5, 0.6) is 0 Å². The molecule has 0 saturated carbocycles. The first-order chi connectivity index (χ1) is 16.7. The summed E-state index contributed by atoms with van der Waals surface area (Å²) in [6.45, 7) is 1.72. The third-order valence-corrected chi connectivity index (χ3v) is 6.00. The fourth-order valence-electron chi connectivity index (χ4n) is 4.15. The number of Topliss-reactive ketones (excluding diaryl/α,β-unsaturated/α-hetero) is 1. The van der Waals surface area contributed by atoms with Crippen LogP contribution in [0.2, 0.25) is 0 Å². The number of aryl methyl sites for hydroxylation is 1. The van der Waals surface area contributed by atoms with E-state index >= 15 is 0 Å². The van der Waals surface area contributed by atoms with Crippen LogP contribution in [-0.2, 0) is 25.7 Å². The van der Waals surface area contributed by atoms with Crippen molar-refractivity contribution in [3.63, 3.8) is 0 Å². The van der Waals surface area contributed by atoms with Gasteiger partial charge in [0.1, 0.15) is 0 Å². The molecular weight excluding hydrogens is 457 g/mol. The zero-order valence-corrected chi connectivity index (χ0v) is 19.0. The number of nitrogens with zero attached hydrogens (tertiary/aromatic N) is 2. The predicted molar refractivity (Wildman–Crippen MR) is 128 cm³/mol. The number of alkyl halides is 3. The second kappa shape index (κ2) is 9.74. The van der Waals surface area contributed by atoms with Crippen LogP contribution in [0.1, 0.15) is 40.4 Å². The van der Waals surface area contributed by atoms with Gasteiger partial charge in [0.05, 0.1) is 23.0 Å². The molecular formula is C27H23F3N2O3. The van der Waals surface area contributed by atoms with E-state index in [4.69, 9.17) is 0 Å². The van der Waals surface area contributed by atoms with Gasteiger partial charge in [0.15, 0.2) is 5.78 Å². The van der Waals surface area contributed by atoms with Gasteiger partial charge < -0.3 is 0 Å².